The van der Waals surface area contributed by atoms with Crippen molar-refractivity contribution in [1.29, 1.82) is 0 Å². The van der Waals surface area contributed by atoms with Gasteiger partial charge in [0.2, 0.25) is 5.78 Å². The van der Waals surface area contributed by atoms with E-state index < -0.39 is 58.0 Å². The molecule has 5 rings (SSSR count). The van der Waals surface area contributed by atoms with Crippen molar-refractivity contribution in [1.82, 2.24) is 14.8 Å². The molecule has 224 valence electrons. The molecule has 3 aliphatic carbocycles. The number of carbonyl (C=O) groups is 3. The SMILES string of the molecule is CN(C)Cc1ccc(-c2cc(N(C)C)c3c(c2O)C(=O)C2=C(O)[C@@]4(O)C(=O)C(C(N)=O)=C(O)[C@H](N(C)C)[C@H]4C[C@H]2C3)[nH]1. The Kier molecular flexibility index (Phi) is 6.99. The smallest absolute Gasteiger partial charge is 0.255 e. The number of H-pyrrole nitrogens is 1. The van der Waals surface area contributed by atoms with Crippen LogP contribution in [0.3, 0.4) is 0 Å². The fourth-order valence-corrected chi connectivity index (χ4v) is 6.93. The zero-order valence-corrected chi connectivity index (χ0v) is 24.5. The average molecular weight is 580 g/mol. The van der Waals surface area contributed by atoms with Crippen LogP contribution in [0.25, 0.3) is 11.3 Å². The Morgan fingerprint density at radius 2 is 1.76 bits per heavy atom. The molecule has 0 fully saturated rings. The molecule has 1 aromatic heterocycles. The number of aromatic hydroxyl groups is 1. The largest absolute Gasteiger partial charge is 0.510 e. The van der Waals surface area contributed by atoms with Crippen molar-refractivity contribution in [2.24, 2.45) is 17.6 Å². The van der Waals surface area contributed by atoms with Crippen molar-refractivity contribution in [3.63, 3.8) is 0 Å². The van der Waals surface area contributed by atoms with Crippen LogP contribution < -0.4 is 10.6 Å². The highest BCUT2D eigenvalue weighted by molar-refractivity contribution is 6.25. The number of phenolic OH excluding ortho intramolecular Hbond substituents is 1. The summed E-state index contributed by atoms with van der Waals surface area (Å²) in [5.41, 5.74) is 4.82. The maximum Gasteiger partial charge on any atom is 0.255 e. The van der Waals surface area contributed by atoms with Crippen molar-refractivity contribution >= 4 is 23.2 Å². The summed E-state index contributed by atoms with van der Waals surface area (Å²) in [6.45, 7) is 0.632. The number of Topliss-reactive ketones (excluding diaryl/α,β-unsaturated/α-hetero) is 2. The molecule has 2 aromatic rings. The molecule has 0 radical (unpaired) electrons. The number of aliphatic hydroxyl groups is 3. The Hall–Kier alpha value is -4.13. The van der Waals surface area contributed by atoms with Gasteiger partial charge in [0, 0.05) is 54.8 Å². The van der Waals surface area contributed by atoms with Gasteiger partial charge in [-0.3, -0.25) is 19.3 Å². The van der Waals surface area contributed by atoms with Gasteiger partial charge in [-0.05, 0) is 70.7 Å². The number of nitrogens with zero attached hydrogens (tertiary/aromatic N) is 3. The summed E-state index contributed by atoms with van der Waals surface area (Å²) < 4.78 is 0. The molecule has 1 heterocycles. The predicted molar refractivity (Wildman–Crippen MR) is 155 cm³/mol. The van der Waals surface area contributed by atoms with Crippen LogP contribution in [0, 0.1) is 11.8 Å². The molecular weight excluding hydrogens is 542 g/mol. The number of hydrogen-bond donors (Lipinski definition) is 6. The van der Waals surface area contributed by atoms with Crippen molar-refractivity contribution in [3.8, 4) is 17.0 Å². The van der Waals surface area contributed by atoms with Gasteiger partial charge in [-0.1, -0.05) is 0 Å². The van der Waals surface area contributed by atoms with E-state index in [1.165, 1.54) is 4.90 Å². The minimum Gasteiger partial charge on any atom is -0.510 e. The summed E-state index contributed by atoms with van der Waals surface area (Å²) in [4.78, 5) is 48.6. The second kappa shape index (κ2) is 10.0. The standard InChI is InChI=1S/C30H37N5O7/c1-33(2)12-14-7-8-18(32-14)15-11-19(34(3)4)16-9-13-10-17-23(35(5)6)26(38)22(29(31)41)28(40)30(17,42)27(39)20(13)25(37)21(16)24(15)36/h7-8,11,13,17,23,32,36,38-39,42H,9-10,12H2,1-6H3,(H2,31,41)/t13-,17-,23-,30-/m1/s1. The van der Waals surface area contributed by atoms with Crippen molar-refractivity contribution in [2.75, 3.05) is 47.2 Å². The highest BCUT2D eigenvalue weighted by atomic mass is 16.3. The first kappa shape index (κ1) is 29.4. The fourth-order valence-electron chi connectivity index (χ4n) is 6.93. The number of aliphatic hydroxyl groups excluding tert-OH is 2. The van der Waals surface area contributed by atoms with Crippen LogP contribution in [0.5, 0.6) is 5.75 Å². The van der Waals surface area contributed by atoms with E-state index in [2.05, 4.69) is 4.98 Å². The number of aromatic amines is 1. The number of allylic oxidation sites excluding steroid dienone is 1. The number of primary amides is 1. The zero-order chi connectivity index (χ0) is 31.0. The van der Waals surface area contributed by atoms with Gasteiger partial charge in [0.15, 0.2) is 11.4 Å². The fraction of sp³-hybridized carbons (Fsp3) is 0.433. The molecule has 12 nitrogen and oxygen atoms in total. The molecule has 0 saturated heterocycles. The van der Waals surface area contributed by atoms with Gasteiger partial charge in [0.25, 0.3) is 5.91 Å². The van der Waals surface area contributed by atoms with Crippen molar-refractivity contribution in [2.45, 2.75) is 31.0 Å². The van der Waals surface area contributed by atoms with E-state index in [1.807, 2.05) is 50.1 Å². The molecular formula is C30H37N5O7. The lowest BCUT2D eigenvalue weighted by molar-refractivity contribution is -0.148. The van der Waals surface area contributed by atoms with Crippen LogP contribution in [0.15, 0.2) is 40.9 Å². The van der Waals surface area contributed by atoms with E-state index in [1.54, 1.807) is 20.2 Å². The Labute approximate surface area is 243 Å². The third-order valence-electron chi connectivity index (χ3n) is 8.70. The van der Waals surface area contributed by atoms with Gasteiger partial charge in [-0.15, -0.1) is 0 Å². The number of amides is 1. The summed E-state index contributed by atoms with van der Waals surface area (Å²) in [5, 5.41) is 45.9. The number of rotatable bonds is 6. The summed E-state index contributed by atoms with van der Waals surface area (Å²) in [5.74, 6) is -6.72. The first-order valence-electron chi connectivity index (χ1n) is 13.6. The topological polar surface area (TPSA) is 184 Å². The second-order valence-corrected chi connectivity index (χ2v) is 12.1. The first-order valence-corrected chi connectivity index (χ1v) is 13.6. The predicted octanol–water partition coefficient (Wildman–Crippen LogP) is 1.24. The molecule has 0 saturated carbocycles. The van der Waals surface area contributed by atoms with E-state index in [9.17, 15) is 34.8 Å². The van der Waals surface area contributed by atoms with Crippen LogP contribution in [-0.4, -0.2) is 107 Å². The van der Waals surface area contributed by atoms with Crippen LogP contribution >= 0.6 is 0 Å². The van der Waals surface area contributed by atoms with E-state index in [0.717, 1.165) is 5.69 Å². The Morgan fingerprint density at radius 1 is 1.10 bits per heavy atom. The molecule has 1 amide bonds. The molecule has 3 aliphatic rings. The average Bonchev–Trinajstić information content (AvgIpc) is 3.33. The number of aromatic nitrogens is 1. The van der Waals surface area contributed by atoms with Gasteiger partial charge in [-0.2, -0.15) is 0 Å². The van der Waals surface area contributed by atoms with E-state index in [4.69, 9.17) is 5.73 Å². The van der Waals surface area contributed by atoms with Gasteiger partial charge < -0.3 is 40.9 Å². The molecule has 0 aliphatic heterocycles. The molecule has 7 N–H and O–H groups in total. The molecule has 12 heteroatoms. The van der Waals surface area contributed by atoms with Crippen molar-refractivity contribution < 1.29 is 34.8 Å². The minimum absolute atomic E-state index is 0.0271. The molecule has 0 spiro atoms. The van der Waals surface area contributed by atoms with E-state index in [0.29, 0.717) is 29.1 Å². The maximum absolute atomic E-state index is 14.2. The third kappa shape index (κ3) is 4.12. The number of hydrogen-bond acceptors (Lipinski definition) is 10. The summed E-state index contributed by atoms with van der Waals surface area (Å²) in [7, 11) is 10.7. The molecule has 42 heavy (non-hydrogen) atoms. The monoisotopic (exact) mass is 579 g/mol. The highest BCUT2D eigenvalue weighted by Crippen LogP contribution is 2.54. The number of phenols is 1. The lowest BCUT2D eigenvalue weighted by atomic mass is 9.58. The number of benzene rings is 1. The molecule has 0 unspecified atom stereocenters. The molecule has 1 aromatic carbocycles. The number of ketones is 2. The van der Waals surface area contributed by atoms with Gasteiger partial charge in [0.05, 0.1) is 11.6 Å². The van der Waals surface area contributed by atoms with Crippen LogP contribution in [0.4, 0.5) is 5.69 Å². The Balaban J connectivity index is 1.71. The lowest BCUT2D eigenvalue weighted by Crippen LogP contribution is -2.63. The van der Waals surface area contributed by atoms with Gasteiger partial charge in [-0.25, -0.2) is 0 Å². The minimum atomic E-state index is -2.68. The van der Waals surface area contributed by atoms with Crippen LogP contribution in [0.1, 0.15) is 28.0 Å². The van der Waals surface area contributed by atoms with Gasteiger partial charge in [0.1, 0.15) is 22.8 Å². The molecule has 4 atom stereocenters. The quantitative estimate of drug-likeness (QED) is 0.272. The van der Waals surface area contributed by atoms with E-state index >= 15 is 0 Å². The Morgan fingerprint density at radius 3 is 2.33 bits per heavy atom. The summed E-state index contributed by atoms with van der Waals surface area (Å²) in [6.07, 6.45) is 0.248. The van der Waals surface area contributed by atoms with Gasteiger partial charge >= 0.3 is 0 Å². The lowest BCUT2D eigenvalue weighted by Gasteiger charge is -2.50. The Bertz CT molecular complexity index is 1580. The first-order chi connectivity index (χ1) is 19.6. The number of carbonyl (C=O) groups excluding carboxylic acids is 3. The highest BCUT2D eigenvalue weighted by Gasteiger charge is 2.63. The molecule has 0 bridgehead atoms. The normalized spacial score (nSPS) is 25.6. The number of nitrogens with two attached hydrogens (primary N) is 1. The zero-order valence-electron chi connectivity index (χ0n) is 24.5. The summed E-state index contributed by atoms with van der Waals surface area (Å²) in [6, 6.07) is 4.47. The van der Waals surface area contributed by atoms with Crippen molar-refractivity contribution in [3.05, 3.63) is 57.7 Å². The number of nitrogens with one attached hydrogen (secondary N) is 1. The second-order valence-electron chi connectivity index (χ2n) is 12.1. The number of anilines is 1. The van der Waals surface area contributed by atoms with Crippen LogP contribution in [0.2, 0.25) is 0 Å². The summed E-state index contributed by atoms with van der Waals surface area (Å²) >= 11 is 0. The maximum atomic E-state index is 14.2. The van der Waals surface area contributed by atoms with E-state index in [-0.39, 0.29) is 29.7 Å². The van der Waals surface area contributed by atoms with Crippen LogP contribution in [-0.2, 0) is 22.6 Å². The third-order valence-corrected chi connectivity index (χ3v) is 8.70. The number of likely N-dealkylation sites (N-methyl/N-ethyl adjacent to an activating group) is 1. The number of fused-ring (bicyclic) bond motifs is 3.